The number of benzene rings is 2. The number of hydrogen-bond acceptors (Lipinski definition) is 3. The standard InChI is InChI=1S/C19H25NO2/c1-20(2)14-17(15-22-18-12-8-5-9-13-18)19(21-3)16-10-6-4-7-11-16/h4-13,17,19H,14-15H2,1-3H3. The molecule has 0 fully saturated rings. The predicted molar refractivity (Wildman–Crippen MR) is 90.2 cm³/mol. The Morgan fingerprint density at radius 1 is 0.909 bits per heavy atom. The number of nitrogens with zero attached hydrogens (tertiary/aromatic N) is 1. The minimum atomic E-state index is 0.0207. The van der Waals surface area contributed by atoms with Crippen LogP contribution in [0.25, 0.3) is 0 Å². The first kappa shape index (κ1) is 16.5. The third kappa shape index (κ3) is 4.86. The second kappa shape index (κ2) is 8.57. The maximum atomic E-state index is 5.97. The van der Waals surface area contributed by atoms with Crippen molar-refractivity contribution in [3.63, 3.8) is 0 Å². The van der Waals surface area contributed by atoms with Crippen LogP contribution >= 0.6 is 0 Å². The van der Waals surface area contributed by atoms with E-state index in [1.54, 1.807) is 7.11 Å². The van der Waals surface area contributed by atoms with Crippen LogP contribution in [0.15, 0.2) is 60.7 Å². The molecule has 0 bridgehead atoms. The lowest BCUT2D eigenvalue weighted by Crippen LogP contribution is -2.32. The second-order valence-electron chi connectivity index (χ2n) is 5.71. The summed E-state index contributed by atoms with van der Waals surface area (Å²) in [5.41, 5.74) is 1.19. The number of ether oxygens (including phenoxy) is 2. The van der Waals surface area contributed by atoms with Gasteiger partial charge in [-0.3, -0.25) is 0 Å². The van der Waals surface area contributed by atoms with Gasteiger partial charge in [-0.2, -0.15) is 0 Å². The Bertz CT molecular complexity index is 528. The van der Waals surface area contributed by atoms with Crippen LogP contribution in [-0.4, -0.2) is 39.3 Å². The highest BCUT2D eigenvalue weighted by molar-refractivity contribution is 5.21. The maximum Gasteiger partial charge on any atom is 0.119 e. The van der Waals surface area contributed by atoms with Gasteiger partial charge in [0.1, 0.15) is 5.75 Å². The summed E-state index contributed by atoms with van der Waals surface area (Å²) in [6.45, 7) is 1.52. The molecule has 2 unspecified atom stereocenters. The molecule has 2 aromatic carbocycles. The molecule has 0 aliphatic carbocycles. The molecule has 0 radical (unpaired) electrons. The highest BCUT2D eigenvalue weighted by Crippen LogP contribution is 2.27. The molecular formula is C19H25NO2. The van der Waals surface area contributed by atoms with E-state index in [1.165, 1.54) is 5.56 Å². The zero-order chi connectivity index (χ0) is 15.8. The molecule has 0 aliphatic heterocycles. The van der Waals surface area contributed by atoms with Gasteiger partial charge in [0.25, 0.3) is 0 Å². The topological polar surface area (TPSA) is 21.7 Å². The maximum absolute atomic E-state index is 5.97. The van der Waals surface area contributed by atoms with Crippen LogP contribution < -0.4 is 4.74 Å². The summed E-state index contributed by atoms with van der Waals surface area (Å²) < 4.78 is 11.7. The molecule has 22 heavy (non-hydrogen) atoms. The number of methoxy groups -OCH3 is 1. The van der Waals surface area contributed by atoms with Gasteiger partial charge in [0, 0.05) is 19.6 Å². The van der Waals surface area contributed by atoms with Crippen LogP contribution in [0.2, 0.25) is 0 Å². The van der Waals surface area contributed by atoms with E-state index < -0.39 is 0 Å². The molecule has 3 nitrogen and oxygen atoms in total. The summed E-state index contributed by atoms with van der Waals surface area (Å²) in [6, 6.07) is 20.3. The molecule has 0 spiro atoms. The van der Waals surface area contributed by atoms with Crippen LogP contribution in [0.4, 0.5) is 0 Å². The van der Waals surface area contributed by atoms with Crippen molar-refractivity contribution in [1.82, 2.24) is 4.90 Å². The Hall–Kier alpha value is -1.84. The van der Waals surface area contributed by atoms with Gasteiger partial charge in [-0.15, -0.1) is 0 Å². The fourth-order valence-electron chi connectivity index (χ4n) is 2.67. The first-order chi connectivity index (χ1) is 10.7. The zero-order valence-electron chi connectivity index (χ0n) is 13.6. The lowest BCUT2D eigenvalue weighted by Gasteiger charge is -2.29. The molecule has 0 N–H and O–H groups in total. The van der Waals surface area contributed by atoms with E-state index in [2.05, 4.69) is 31.1 Å². The molecule has 0 aromatic heterocycles. The fraction of sp³-hybridized carbons (Fsp3) is 0.368. The first-order valence-corrected chi connectivity index (χ1v) is 7.61. The van der Waals surface area contributed by atoms with Crippen LogP contribution in [0.3, 0.4) is 0 Å². The number of hydrogen-bond donors (Lipinski definition) is 0. The smallest absolute Gasteiger partial charge is 0.119 e. The highest BCUT2D eigenvalue weighted by Gasteiger charge is 2.24. The van der Waals surface area contributed by atoms with Crippen LogP contribution in [0, 0.1) is 5.92 Å². The molecule has 2 atom stereocenters. The quantitative estimate of drug-likeness (QED) is 0.743. The van der Waals surface area contributed by atoms with Gasteiger partial charge in [0.05, 0.1) is 12.7 Å². The lowest BCUT2D eigenvalue weighted by molar-refractivity contribution is 0.0192. The molecule has 118 valence electrons. The average molecular weight is 299 g/mol. The molecule has 2 aromatic rings. The minimum absolute atomic E-state index is 0.0207. The number of rotatable bonds is 8. The van der Waals surface area contributed by atoms with Gasteiger partial charge in [0.15, 0.2) is 0 Å². The predicted octanol–water partition coefficient (Wildman–Crippen LogP) is 3.63. The van der Waals surface area contributed by atoms with Gasteiger partial charge in [-0.1, -0.05) is 48.5 Å². The highest BCUT2D eigenvalue weighted by atomic mass is 16.5. The van der Waals surface area contributed by atoms with Crippen molar-refractivity contribution in [3.05, 3.63) is 66.2 Å². The van der Waals surface area contributed by atoms with Crippen LogP contribution in [0.1, 0.15) is 11.7 Å². The van der Waals surface area contributed by atoms with Crippen molar-refractivity contribution < 1.29 is 9.47 Å². The summed E-state index contributed by atoms with van der Waals surface area (Å²) in [7, 11) is 5.92. The first-order valence-electron chi connectivity index (χ1n) is 7.61. The van der Waals surface area contributed by atoms with Gasteiger partial charge in [-0.05, 0) is 31.8 Å². The average Bonchev–Trinajstić information content (AvgIpc) is 2.55. The number of para-hydroxylation sites is 1. The van der Waals surface area contributed by atoms with Crippen LogP contribution in [0.5, 0.6) is 5.75 Å². The molecule has 0 saturated heterocycles. The summed E-state index contributed by atoms with van der Waals surface area (Å²) in [5.74, 6) is 1.15. The third-order valence-corrected chi connectivity index (χ3v) is 3.62. The fourth-order valence-corrected chi connectivity index (χ4v) is 2.67. The van der Waals surface area contributed by atoms with E-state index in [1.807, 2.05) is 48.5 Å². The third-order valence-electron chi connectivity index (χ3n) is 3.62. The van der Waals surface area contributed by atoms with E-state index in [9.17, 15) is 0 Å². The van der Waals surface area contributed by atoms with Gasteiger partial charge < -0.3 is 14.4 Å². The van der Waals surface area contributed by atoms with E-state index in [0.29, 0.717) is 6.61 Å². The molecule has 2 rings (SSSR count). The van der Waals surface area contributed by atoms with E-state index in [4.69, 9.17) is 9.47 Å². The Balaban J connectivity index is 2.10. The largest absolute Gasteiger partial charge is 0.493 e. The molecule has 0 amide bonds. The summed E-state index contributed by atoms with van der Waals surface area (Å²) in [5, 5.41) is 0. The van der Waals surface area contributed by atoms with Gasteiger partial charge >= 0.3 is 0 Å². The Kier molecular flexibility index (Phi) is 6.44. The van der Waals surface area contributed by atoms with Crippen molar-refractivity contribution >= 4 is 0 Å². The molecule has 0 heterocycles. The summed E-state index contributed by atoms with van der Waals surface area (Å²) in [6.07, 6.45) is 0.0207. The minimum Gasteiger partial charge on any atom is -0.493 e. The normalized spacial score (nSPS) is 13.8. The summed E-state index contributed by atoms with van der Waals surface area (Å²) >= 11 is 0. The van der Waals surface area contributed by atoms with E-state index >= 15 is 0 Å². The van der Waals surface area contributed by atoms with E-state index in [0.717, 1.165) is 12.3 Å². The van der Waals surface area contributed by atoms with Crippen molar-refractivity contribution in [2.24, 2.45) is 5.92 Å². The molecule has 0 aliphatic rings. The van der Waals surface area contributed by atoms with E-state index in [-0.39, 0.29) is 12.0 Å². The van der Waals surface area contributed by atoms with Crippen molar-refractivity contribution in [1.29, 1.82) is 0 Å². The molecular weight excluding hydrogens is 274 g/mol. The summed E-state index contributed by atoms with van der Waals surface area (Å²) in [4.78, 5) is 2.17. The molecule has 0 saturated carbocycles. The lowest BCUT2D eigenvalue weighted by atomic mass is 9.95. The Morgan fingerprint density at radius 3 is 2.05 bits per heavy atom. The Labute approximate surface area is 133 Å². The van der Waals surface area contributed by atoms with Gasteiger partial charge in [-0.25, -0.2) is 0 Å². The second-order valence-corrected chi connectivity index (χ2v) is 5.71. The Morgan fingerprint density at radius 2 is 1.50 bits per heavy atom. The van der Waals surface area contributed by atoms with Crippen LogP contribution in [-0.2, 0) is 4.74 Å². The zero-order valence-corrected chi connectivity index (χ0v) is 13.6. The monoisotopic (exact) mass is 299 g/mol. The van der Waals surface area contributed by atoms with Crippen molar-refractivity contribution in [3.8, 4) is 5.75 Å². The SMILES string of the molecule is COC(c1ccccc1)C(COc1ccccc1)CN(C)C. The molecule has 3 heteroatoms. The van der Waals surface area contributed by atoms with Crippen molar-refractivity contribution in [2.75, 3.05) is 34.4 Å². The van der Waals surface area contributed by atoms with Crippen molar-refractivity contribution in [2.45, 2.75) is 6.10 Å². The van der Waals surface area contributed by atoms with Gasteiger partial charge in [0.2, 0.25) is 0 Å².